The van der Waals surface area contributed by atoms with Crippen LogP contribution in [0.1, 0.15) is 39.5 Å². The first-order chi connectivity index (χ1) is 9.24. The molecule has 0 radical (unpaired) electrons. The molecular weight excluding hydrogens is 238 g/mol. The number of likely N-dealkylation sites (tertiary alicyclic amines) is 1. The predicted molar refractivity (Wildman–Crippen MR) is 78.1 cm³/mol. The summed E-state index contributed by atoms with van der Waals surface area (Å²) >= 11 is 0. The average molecular weight is 267 g/mol. The van der Waals surface area contributed by atoms with Crippen LogP contribution >= 0.6 is 0 Å². The first kappa shape index (κ1) is 14.8. The molecule has 4 nitrogen and oxygen atoms in total. The van der Waals surface area contributed by atoms with Crippen LogP contribution in [-0.4, -0.2) is 61.0 Å². The summed E-state index contributed by atoms with van der Waals surface area (Å²) < 4.78 is 0. The minimum absolute atomic E-state index is 0.319. The standard InChI is InChI=1S/C15H29N3O/c1-3-18(4-2)15(19)8-6-10-17-11-13-7-5-9-16-14(13)12-17/h13-14,16H,3-12H2,1-2H3/t13-,14+/m0/s1. The van der Waals surface area contributed by atoms with Crippen LogP contribution in [0.3, 0.4) is 0 Å². The maximum absolute atomic E-state index is 11.9. The van der Waals surface area contributed by atoms with Gasteiger partial charge in [0.05, 0.1) is 0 Å². The zero-order valence-corrected chi connectivity index (χ0v) is 12.5. The Morgan fingerprint density at radius 3 is 2.79 bits per heavy atom. The van der Waals surface area contributed by atoms with E-state index in [9.17, 15) is 4.79 Å². The van der Waals surface area contributed by atoms with Gasteiger partial charge in [-0.3, -0.25) is 4.79 Å². The van der Waals surface area contributed by atoms with Gasteiger partial charge in [0.1, 0.15) is 0 Å². The van der Waals surface area contributed by atoms with E-state index < -0.39 is 0 Å². The fourth-order valence-corrected chi connectivity index (χ4v) is 3.51. The van der Waals surface area contributed by atoms with Gasteiger partial charge in [-0.1, -0.05) is 0 Å². The number of piperidine rings is 1. The summed E-state index contributed by atoms with van der Waals surface area (Å²) in [5, 5.41) is 3.63. The van der Waals surface area contributed by atoms with Crippen LogP contribution in [0.2, 0.25) is 0 Å². The van der Waals surface area contributed by atoms with Crippen LogP contribution in [-0.2, 0) is 4.79 Å². The number of hydrogen-bond donors (Lipinski definition) is 1. The Morgan fingerprint density at radius 1 is 1.32 bits per heavy atom. The fourth-order valence-electron chi connectivity index (χ4n) is 3.51. The Hall–Kier alpha value is -0.610. The minimum Gasteiger partial charge on any atom is -0.343 e. The first-order valence-corrected chi connectivity index (χ1v) is 7.98. The maximum Gasteiger partial charge on any atom is 0.222 e. The number of rotatable bonds is 6. The largest absolute Gasteiger partial charge is 0.343 e. The number of fused-ring (bicyclic) bond motifs is 1. The maximum atomic E-state index is 11.9. The lowest BCUT2D eigenvalue weighted by molar-refractivity contribution is -0.130. The zero-order chi connectivity index (χ0) is 13.7. The van der Waals surface area contributed by atoms with E-state index in [2.05, 4.69) is 24.1 Å². The van der Waals surface area contributed by atoms with Crippen molar-refractivity contribution in [2.45, 2.75) is 45.6 Å². The molecule has 4 heteroatoms. The highest BCUT2D eigenvalue weighted by Gasteiger charge is 2.33. The lowest BCUT2D eigenvalue weighted by atomic mass is 9.94. The van der Waals surface area contributed by atoms with Gasteiger partial charge in [0.25, 0.3) is 0 Å². The molecule has 2 aliphatic heterocycles. The highest BCUT2D eigenvalue weighted by Crippen LogP contribution is 2.24. The molecule has 110 valence electrons. The van der Waals surface area contributed by atoms with Crippen molar-refractivity contribution in [3.05, 3.63) is 0 Å². The second-order valence-corrected chi connectivity index (χ2v) is 5.89. The normalized spacial score (nSPS) is 27.3. The molecule has 19 heavy (non-hydrogen) atoms. The molecule has 2 atom stereocenters. The van der Waals surface area contributed by atoms with Gasteiger partial charge in [-0.05, 0) is 52.1 Å². The summed E-state index contributed by atoms with van der Waals surface area (Å²) in [5.41, 5.74) is 0. The van der Waals surface area contributed by atoms with Crippen LogP contribution < -0.4 is 5.32 Å². The quantitative estimate of drug-likeness (QED) is 0.788. The van der Waals surface area contributed by atoms with Crippen LogP contribution in [0.25, 0.3) is 0 Å². The molecule has 0 aromatic rings. The van der Waals surface area contributed by atoms with Gasteiger partial charge in [0, 0.05) is 38.6 Å². The van der Waals surface area contributed by atoms with Crippen molar-refractivity contribution in [3.63, 3.8) is 0 Å². The van der Waals surface area contributed by atoms with E-state index in [1.807, 2.05) is 4.90 Å². The fraction of sp³-hybridized carbons (Fsp3) is 0.933. The third-order valence-corrected chi connectivity index (χ3v) is 4.66. The van der Waals surface area contributed by atoms with Crippen molar-refractivity contribution in [2.75, 3.05) is 39.3 Å². The molecule has 0 saturated carbocycles. The Balaban J connectivity index is 1.65. The number of amides is 1. The second-order valence-electron chi connectivity index (χ2n) is 5.89. The molecule has 2 fully saturated rings. The Morgan fingerprint density at radius 2 is 2.11 bits per heavy atom. The van der Waals surface area contributed by atoms with Gasteiger partial charge in [-0.2, -0.15) is 0 Å². The lowest BCUT2D eigenvalue weighted by Crippen LogP contribution is -2.40. The SMILES string of the molecule is CCN(CC)C(=O)CCCN1C[C@@H]2CCCN[C@@H]2C1. The molecule has 0 aromatic heterocycles. The molecule has 1 amide bonds. The van der Waals surface area contributed by atoms with Gasteiger partial charge in [0.15, 0.2) is 0 Å². The van der Waals surface area contributed by atoms with Gasteiger partial charge < -0.3 is 15.1 Å². The number of nitrogens with zero attached hydrogens (tertiary/aromatic N) is 2. The van der Waals surface area contributed by atoms with Crippen molar-refractivity contribution in [1.29, 1.82) is 0 Å². The van der Waals surface area contributed by atoms with Crippen molar-refractivity contribution in [2.24, 2.45) is 5.92 Å². The molecule has 2 rings (SSSR count). The molecule has 2 saturated heterocycles. The van der Waals surface area contributed by atoms with E-state index in [1.54, 1.807) is 0 Å². The van der Waals surface area contributed by atoms with Crippen LogP contribution in [0, 0.1) is 5.92 Å². The molecule has 0 aromatic carbocycles. The van der Waals surface area contributed by atoms with E-state index in [4.69, 9.17) is 0 Å². The van der Waals surface area contributed by atoms with E-state index in [0.717, 1.165) is 32.0 Å². The van der Waals surface area contributed by atoms with Crippen LogP contribution in [0.4, 0.5) is 0 Å². The molecule has 0 unspecified atom stereocenters. The highest BCUT2D eigenvalue weighted by atomic mass is 16.2. The molecule has 0 spiro atoms. The highest BCUT2D eigenvalue weighted by molar-refractivity contribution is 5.76. The van der Waals surface area contributed by atoms with Gasteiger partial charge in [0.2, 0.25) is 5.91 Å². The number of nitrogens with one attached hydrogen (secondary N) is 1. The van der Waals surface area contributed by atoms with E-state index >= 15 is 0 Å². The molecule has 2 aliphatic rings. The smallest absolute Gasteiger partial charge is 0.222 e. The summed E-state index contributed by atoms with van der Waals surface area (Å²) in [5.74, 6) is 1.17. The monoisotopic (exact) mass is 267 g/mol. The average Bonchev–Trinajstić information content (AvgIpc) is 2.82. The van der Waals surface area contributed by atoms with E-state index in [1.165, 1.54) is 32.5 Å². The number of carbonyl (C=O) groups is 1. The number of carbonyl (C=O) groups excluding carboxylic acids is 1. The molecular formula is C15H29N3O. The second kappa shape index (κ2) is 7.25. The molecule has 1 N–H and O–H groups in total. The lowest BCUT2D eigenvalue weighted by Gasteiger charge is -2.24. The third-order valence-electron chi connectivity index (χ3n) is 4.66. The van der Waals surface area contributed by atoms with Crippen LogP contribution in [0.15, 0.2) is 0 Å². The van der Waals surface area contributed by atoms with Gasteiger partial charge in [-0.15, -0.1) is 0 Å². The topological polar surface area (TPSA) is 35.6 Å². The Bertz CT molecular complexity index is 277. The van der Waals surface area contributed by atoms with Crippen molar-refractivity contribution in [3.8, 4) is 0 Å². The predicted octanol–water partition coefficient (Wildman–Crippen LogP) is 1.32. The van der Waals surface area contributed by atoms with E-state index in [0.29, 0.717) is 18.4 Å². The summed E-state index contributed by atoms with van der Waals surface area (Å²) in [6, 6.07) is 0.715. The van der Waals surface area contributed by atoms with E-state index in [-0.39, 0.29) is 0 Å². The molecule has 0 aliphatic carbocycles. The zero-order valence-electron chi connectivity index (χ0n) is 12.5. The molecule has 0 bridgehead atoms. The Labute approximate surface area is 117 Å². The third kappa shape index (κ3) is 3.93. The van der Waals surface area contributed by atoms with Crippen molar-refractivity contribution >= 4 is 5.91 Å². The van der Waals surface area contributed by atoms with Crippen molar-refractivity contribution in [1.82, 2.24) is 15.1 Å². The minimum atomic E-state index is 0.319. The summed E-state index contributed by atoms with van der Waals surface area (Å²) in [6.45, 7) is 10.5. The Kier molecular flexibility index (Phi) is 5.64. The van der Waals surface area contributed by atoms with Crippen LogP contribution in [0.5, 0.6) is 0 Å². The number of hydrogen-bond acceptors (Lipinski definition) is 3. The van der Waals surface area contributed by atoms with Crippen molar-refractivity contribution < 1.29 is 4.79 Å². The summed E-state index contributed by atoms with van der Waals surface area (Å²) in [7, 11) is 0. The first-order valence-electron chi connectivity index (χ1n) is 7.98. The van der Waals surface area contributed by atoms with Gasteiger partial charge >= 0.3 is 0 Å². The summed E-state index contributed by atoms with van der Waals surface area (Å²) in [4.78, 5) is 16.4. The molecule has 2 heterocycles. The summed E-state index contributed by atoms with van der Waals surface area (Å²) in [6.07, 6.45) is 4.43. The van der Waals surface area contributed by atoms with Gasteiger partial charge in [-0.25, -0.2) is 0 Å².